The molecule has 0 aromatic rings. The minimum atomic E-state index is -0.860. The molecule has 1 amide bonds. The highest BCUT2D eigenvalue weighted by Gasteiger charge is 2.41. The number of carboxylic acids is 1. The van der Waals surface area contributed by atoms with Gasteiger partial charge in [0.05, 0.1) is 18.1 Å². The standard InChI is InChI=1S/C16H29NO4/c1-13(2)21-11-10-17(3)14(18)12-16(15(19)20)8-6-4-5-7-9-16/h13H,4-12H2,1-3H3,(H,19,20). The minimum absolute atomic E-state index is 0.0911. The number of aliphatic carboxylic acids is 1. The fourth-order valence-corrected chi connectivity index (χ4v) is 2.85. The van der Waals surface area contributed by atoms with E-state index in [1.54, 1.807) is 11.9 Å². The van der Waals surface area contributed by atoms with Crippen LogP contribution in [0.2, 0.25) is 0 Å². The molecular weight excluding hydrogens is 270 g/mol. The van der Waals surface area contributed by atoms with Crippen molar-refractivity contribution in [3.63, 3.8) is 0 Å². The van der Waals surface area contributed by atoms with E-state index in [2.05, 4.69) is 0 Å². The number of hydrogen-bond donors (Lipinski definition) is 1. The first-order valence-corrected chi connectivity index (χ1v) is 7.96. The van der Waals surface area contributed by atoms with Gasteiger partial charge in [0.15, 0.2) is 0 Å². The molecule has 0 saturated heterocycles. The van der Waals surface area contributed by atoms with Crippen molar-refractivity contribution < 1.29 is 19.4 Å². The van der Waals surface area contributed by atoms with Crippen LogP contribution in [0.25, 0.3) is 0 Å². The number of amides is 1. The number of likely N-dealkylation sites (N-methyl/N-ethyl adjacent to an activating group) is 1. The van der Waals surface area contributed by atoms with Crippen molar-refractivity contribution >= 4 is 11.9 Å². The highest BCUT2D eigenvalue weighted by molar-refractivity contribution is 5.85. The Morgan fingerprint density at radius 3 is 2.24 bits per heavy atom. The molecule has 122 valence electrons. The number of carboxylic acid groups (broad SMARTS) is 1. The van der Waals surface area contributed by atoms with Crippen LogP contribution < -0.4 is 0 Å². The average Bonchev–Trinajstić information content (AvgIpc) is 2.64. The zero-order valence-electron chi connectivity index (χ0n) is 13.6. The molecule has 0 aliphatic heterocycles. The molecule has 1 aliphatic rings. The van der Waals surface area contributed by atoms with Gasteiger partial charge in [-0.05, 0) is 26.7 Å². The van der Waals surface area contributed by atoms with Crippen molar-refractivity contribution in [2.75, 3.05) is 20.2 Å². The maximum Gasteiger partial charge on any atom is 0.310 e. The molecule has 1 saturated carbocycles. The molecule has 0 radical (unpaired) electrons. The Bertz CT molecular complexity index is 346. The van der Waals surface area contributed by atoms with E-state index in [1.807, 2.05) is 13.8 Å². The molecule has 1 aliphatic carbocycles. The smallest absolute Gasteiger partial charge is 0.310 e. The second-order valence-electron chi connectivity index (χ2n) is 6.41. The molecule has 0 heterocycles. The summed E-state index contributed by atoms with van der Waals surface area (Å²) >= 11 is 0. The lowest BCUT2D eigenvalue weighted by Crippen LogP contribution is -2.39. The fraction of sp³-hybridized carbons (Fsp3) is 0.875. The Balaban J connectivity index is 2.57. The lowest BCUT2D eigenvalue weighted by atomic mass is 9.77. The summed E-state index contributed by atoms with van der Waals surface area (Å²) in [6.45, 7) is 4.90. The third kappa shape index (κ3) is 5.65. The first kappa shape index (κ1) is 18.0. The minimum Gasteiger partial charge on any atom is -0.481 e. The van der Waals surface area contributed by atoms with Crippen molar-refractivity contribution in [1.29, 1.82) is 0 Å². The van der Waals surface area contributed by atoms with Crippen LogP contribution in [0.5, 0.6) is 0 Å². The molecule has 5 heteroatoms. The Labute approximate surface area is 127 Å². The van der Waals surface area contributed by atoms with Gasteiger partial charge in [-0.1, -0.05) is 25.7 Å². The van der Waals surface area contributed by atoms with Crippen LogP contribution in [-0.4, -0.2) is 48.2 Å². The van der Waals surface area contributed by atoms with E-state index in [9.17, 15) is 14.7 Å². The van der Waals surface area contributed by atoms with E-state index < -0.39 is 11.4 Å². The van der Waals surface area contributed by atoms with E-state index in [0.717, 1.165) is 25.7 Å². The van der Waals surface area contributed by atoms with Gasteiger partial charge in [-0.15, -0.1) is 0 Å². The van der Waals surface area contributed by atoms with Crippen LogP contribution in [0.3, 0.4) is 0 Å². The van der Waals surface area contributed by atoms with E-state index in [1.165, 1.54) is 0 Å². The molecular formula is C16H29NO4. The zero-order valence-corrected chi connectivity index (χ0v) is 13.6. The maximum atomic E-state index is 12.3. The largest absolute Gasteiger partial charge is 0.481 e. The van der Waals surface area contributed by atoms with Gasteiger partial charge in [0.25, 0.3) is 0 Å². The molecule has 21 heavy (non-hydrogen) atoms. The van der Waals surface area contributed by atoms with E-state index >= 15 is 0 Å². The molecule has 0 aromatic heterocycles. The monoisotopic (exact) mass is 299 g/mol. The first-order valence-electron chi connectivity index (χ1n) is 7.96. The molecule has 5 nitrogen and oxygen atoms in total. The molecule has 1 fully saturated rings. The summed E-state index contributed by atoms with van der Waals surface area (Å²) in [5.74, 6) is -0.906. The average molecular weight is 299 g/mol. The van der Waals surface area contributed by atoms with Crippen LogP contribution in [0.15, 0.2) is 0 Å². The summed E-state index contributed by atoms with van der Waals surface area (Å²) in [6.07, 6.45) is 5.43. The number of hydrogen-bond acceptors (Lipinski definition) is 3. The van der Waals surface area contributed by atoms with Crippen molar-refractivity contribution in [1.82, 2.24) is 4.90 Å². The van der Waals surface area contributed by atoms with Crippen molar-refractivity contribution in [3.8, 4) is 0 Å². The quantitative estimate of drug-likeness (QED) is 0.734. The molecule has 0 unspecified atom stereocenters. The van der Waals surface area contributed by atoms with Gasteiger partial charge in [0, 0.05) is 20.0 Å². The van der Waals surface area contributed by atoms with Gasteiger partial charge in [-0.3, -0.25) is 9.59 Å². The predicted octanol–water partition coefficient (Wildman–Crippen LogP) is 2.69. The Morgan fingerprint density at radius 2 is 1.76 bits per heavy atom. The predicted molar refractivity (Wildman–Crippen MR) is 81.1 cm³/mol. The number of carbonyl (C=O) groups excluding carboxylic acids is 1. The third-order valence-corrected chi connectivity index (χ3v) is 4.31. The summed E-state index contributed by atoms with van der Waals surface area (Å²) in [6, 6.07) is 0. The number of nitrogens with zero attached hydrogens (tertiary/aromatic N) is 1. The second-order valence-corrected chi connectivity index (χ2v) is 6.41. The van der Waals surface area contributed by atoms with E-state index in [0.29, 0.717) is 26.0 Å². The SMILES string of the molecule is CC(C)OCCN(C)C(=O)CC1(C(=O)O)CCCCCC1. The van der Waals surface area contributed by atoms with Crippen LogP contribution in [0, 0.1) is 5.41 Å². The van der Waals surface area contributed by atoms with Gasteiger partial charge in [-0.25, -0.2) is 0 Å². The second kappa shape index (κ2) is 8.37. The summed E-state index contributed by atoms with van der Waals surface area (Å²) in [4.78, 5) is 25.6. The molecule has 1 N–H and O–H groups in total. The lowest BCUT2D eigenvalue weighted by Gasteiger charge is -2.29. The van der Waals surface area contributed by atoms with Crippen molar-refractivity contribution in [3.05, 3.63) is 0 Å². The maximum absolute atomic E-state index is 12.3. The Hall–Kier alpha value is -1.10. The van der Waals surface area contributed by atoms with Gasteiger partial charge in [0.1, 0.15) is 0 Å². The van der Waals surface area contributed by atoms with Crippen LogP contribution in [0.4, 0.5) is 0 Å². The topological polar surface area (TPSA) is 66.8 Å². The number of rotatable bonds is 7. The Kier molecular flexibility index (Phi) is 7.15. The van der Waals surface area contributed by atoms with Crippen molar-refractivity contribution in [2.45, 2.75) is 64.9 Å². The third-order valence-electron chi connectivity index (χ3n) is 4.31. The number of carbonyl (C=O) groups is 2. The summed E-state index contributed by atoms with van der Waals surface area (Å²) in [7, 11) is 1.72. The highest BCUT2D eigenvalue weighted by Crippen LogP contribution is 2.38. The van der Waals surface area contributed by atoms with E-state index in [-0.39, 0.29) is 18.4 Å². The molecule has 0 atom stereocenters. The first-order chi connectivity index (χ1) is 9.87. The van der Waals surface area contributed by atoms with Crippen LogP contribution >= 0.6 is 0 Å². The summed E-state index contributed by atoms with van der Waals surface area (Å²) < 4.78 is 5.44. The molecule has 0 spiro atoms. The Morgan fingerprint density at radius 1 is 1.19 bits per heavy atom. The van der Waals surface area contributed by atoms with Gasteiger partial charge >= 0.3 is 5.97 Å². The summed E-state index contributed by atoms with van der Waals surface area (Å²) in [5.41, 5.74) is -0.860. The number of ether oxygens (including phenoxy) is 1. The van der Waals surface area contributed by atoms with E-state index in [4.69, 9.17) is 4.74 Å². The summed E-state index contributed by atoms with van der Waals surface area (Å²) in [5, 5.41) is 9.60. The van der Waals surface area contributed by atoms with Crippen molar-refractivity contribution in [2.24, 2.45) is 5.41 Å². The van der Waals surface area contributed by atoms with Crippen LogP contribution in [-0.2, 0) is 14.3 Å². The molecule has 1 rings (SSSR count). The normalized spacial score (nSPS) is 18.3. The highest BCUT2D eigenvalue weighted by atomic mass is 16.5. The van der Waals surface area contributed by atoms with Gasteiger partial charge < -0.3 is 14.7 Å². The van der Waals surface area contributed by atoms with Gasteiger partial charge in [0.2, 0.25) is 5.91 Å². The zero-order chi connectivity index (χ0) is 15.9. The molecule has 0 aromatic carbocycles. The fourth-order valence-electron chi connectivity index (χ4n) is 2.85. The molecule has 0 bridgehead atoms. The lowest BCUT2D eigenvalue weighted by molar-refractivity contribution is -0.154. The van der Waals surface area contributed by atoms with Crippen LogP contribution in [0.1, 0.15) is 58.8 Å². The van der Waals surface area contributed by atoms with Gasteiger partial charge in [-0.2, -0.15) is 0 Å².